The van der Waals surface area contributed by atoms with Crippen LogP contribution in [0.15, 0.2) is 60.9 Å². The van der Waals surface area contributed by atoms with Gasteiger partial charge in [-0.05, 0) is 17.7 Å². The first-order chi connectivity index (χ1) is 14.8. The summed E-state index contributed by atoms with van der Waals surface area (Å²) >= 11 is 0. The van der Waals surface area contributed by atoms with E-state index in [1.807, 2.05) is 18.2 Å². The summed E-state index contributed by atoms with van der Waals surface area (Å²) in [6, 6.07) is 16.5. The number of rotatable bonds is 5. The molecule has 1 saturated heterocycles. The maximum absolute atomic E-state index is 5.56. The van der Waals surface area contributed by atoms with Gasteiger partial charge in [0.1, 0.15) is 23.1 Å². The molecule has 1 aliphatic rings. The summed E-state index contributed by atoms with van der Waals surface area (Å²) in [7, 11) is 1.70. The number of fused-ring (bicyclic) bond motifs is 3. The Morgan fingerprint density at radius 2 is 1.83 bits per heavy atom. The van der Waals surface area contributed by atoms with Crippen LogP contribution in [0.3, 0.4) is 0 Å². The molecule has 1 aliphatic heterocycles. The van der Waals surface area contributed by atoms with Crippen molar-refractivity contribution < 1.29 is 4.74 Å². The molecule has 0 unspecified atom stereocenters. The van der Waals surface area contributed by atoms with Gasteiger partial charge in [0, 0.05) is 32.7 Å². The van der Waals surface area contributed by atoms with Crippen molar-refractivity contribution in [3.8, 4) is 5.75 Å². The molecule has 4 aromatic rings. The number of hydrogen-bond acceptors (Lipinski definition) is 5. The first-order valence-electron chi connectivity index (χ1n) is 10.3. The highest BCUT2D eigenvalue weighted by atomic mass is 16.5. The summed E-state index contributed by atoms with van der Waals surface area (Å²) in [5.74, 6) is 1.80. The van der Waals surface area contributed by atoms with E-state index in [9.17, 15) is 0 Å². The van der Waals surface area contributed by atoms with E-state index in [0.717, 1.165) is 66.2 Å². The zero-order valence-corrected chi connectivity index (χ0v) is 17.1. The van der Waals surface area contributed by atoms with E-state index in [2.05, 4.69) is 67.2 Å². The molecule has 5 rings (SSSR count). The summed E-state index contributed by atoms with van der Waals surface area (Å²) < 4.78 is 5.56. The van der Waals surface area contributed by atoms with Crippen molar-refractivity contribution in [1.82, 2.24) is 19.9 Å². The quantitative estimate of drug-likeness (QED) is 0.551. The fourth-order valence-corrected chi connectivity index (χ4v) is 4.15. The molecule has 0 bridgehead atoms. The molecule has 6 nitrogen and oxygen atoms in total. The van der Waals surface area contributed by atoms with Crippen molar-refractivity contribution in [2.24, 2.45) is 0 Å². The van der Waals surface area contributed by atoms with Crippen molar-refractivity contribution in [3.05, 3.63) is 66.5 Å². The Kier molecular flexibility index (Phi) is 5.07. The topological polar surface area (TPSA) is 57.3 Å². The van der Waals surface area contributed by atoms with E-state index in [1.165, 1.54) is 5.56 Å². The zero-order valence-electron chi connectivity index (χ0n) is 17.1. The van der Waals surface area contributed by atoms with Gasteiger partial charge in [0.05, 0.1) is 18.0 Å². The molecular weight excluding hydrogens is 374 g/mol. The number of anilines is 1. The van der Waals surface area contributed by atoms with Crippen LogP contribution in [0.2, 0.25) is 0 Å². The van der Waals surface area contributed by atoms with E-state index >= 15 is 0 Å². The number of benzene rings is 2. The third-order valence-corrected chi connectivity index (χ3v) is 5.72. The normalized spacial score (nSPS) is 15.4. The van der Waals surface area contributed by atoms with Gasteiger partial charge >= 0.3 is 0 Å². The fraction of sp³-hybridized carbons (Fsp3) is 0.250. The van der Waals surface area contributed by atoms with E-state index < -0.39 is 0 Å². The van der Waals surface area contributed by atoms with Gasteiger partial charge in [-0.15, -0.1) is 0 Å². The Hall–Kier alpha value is -3.38. The third kappa shape index (κ3) is 3.50. The SMILES string of the molecule is COc1cccc2[nH]c3c(N4CCN(C/C=C/c5ccccc5)CC4)ncnc3c12. The van der Waals surface area contributed by atoms with Gasteiger partial charge < -0.3 is 14.6 Å². The Balaban J connectivity index is 1.32. The summed E-state index contributed by atoms with van der Waals surface area (Å²) in [5.41, 5.74) is 4.17. The molecule has 6 heteroatoms. The predicted molar refractivity (Wildman–Crippen MR) is 122 cm³/mol. The molecule has 0 saturated carbocycles. The minimum absolute atomic E-state index is 0.832. The number of nitrogens with zero attached hydrogens (tertiary/aromatic N) is 4. The zero-order chi connectivity index (χ0) is 20.3. The van der Waals surface area contributed by atoms with Gasteiger partial charge in [-0.1, -0.05) is 48.6 Å². The summed E-state index contributed by atoms with van der Waals surface area (Å²) in [6.45, 7) is 4.86. The van der Waals surface area contributed by atoms with Crippen LogP contribution in [0.1, 0.15) is 5.56 Å². The molecule has 1 fully saturated rings. The molecule has 3 heterocycles. The lowest BCUT2D eigenvalue weighted by molar-refractivity contribution is 0.284. The Labute approximate surface area is 175 Å². The molecule has 2 aromatic heterocycles. The number of ether oxygens (including phenoxy) is 1. The molecular formula is C24H25N5O. The third-order valence-electron chi connectivity index (χ3n) is 5.72. The van der Waals surface area contributed by atoms with Gasteiger partial charge in [-0.25, -0.2) is 9.97 Å². The average Bonchev–Trinajstić information content (AvgIpc) is 3.19. The molecule has 0 radical (unpaired) electrons. The monoisotopic (exact) mass is 399 g/mol. The molecule has 0 atom stereocenters. The van der Waals surface area contributed by atoms with Crippen LogP contribution in [0.5, 0.6) is 5.75 Å². The number of aromatic nitrogens is 3. The highest BCUT2D eigenvalue weighted by Crippen LogP contribution is 2.34. The highest BCUT2D eigenvalue weighted by Gasteiger charge is 2.21. The van der Waals surface area contributed by atoms with E-state index in [-0.39, 0.29) is 0 Å². The van der Waals surface area contributed by atoms with Gasteiger partial charge in [-0.2, -0.15) is 0 Å². The number of aromatic amines is 1. The van der Waals surface area contributed by atoms with Crippen LogP contribution in [-0.4, -0.2) is 59.7 Å². The summed E-state index contributed by atoms with van der Waals surface area (Å²) in [6.07, 6.45) is 6.10. The van der Waals surface area contributed by atoms with Crippen molar-refractivity contribution in [1.29, 1.82) is 0 Å². The lowest BCUT2D eigenvalue weighted by atomic mass is 10.2. The second-order valence-corrected chi connectivity index (χ2v) is 7.53. The van der Waals surface area contributed by atoms with E-state index in [1.54, 1.807) is 13.4 Å². The first kappa shape index (κ1) is 18.6. The van der Waals surface area contributed by atoms with Crippen molar-refractivity contribution >= 4 is 33.8 Å². The average molecular weight is 399 g/mol. The lowest BCUT2D eigenvalue weighted by Crippen LogP contribution is -2.46. The van der Waals surface area contributed by atoms with Crippen molar-refractivity contribution in [2.45, 2.75) is 0 Å². The highest BCUT2D eigenvalue weighted by molar-refractivity contribution is 6.11. The largest absolute Gasteiger partial charge is 0.496 e. The molecule has 0 amide bonds. The van der Waals surface area contributed by atoms with Crippen molar-refractivity contribution in [2.75, 3.05) is 44.7 Å². The van der Waals surface area contributed by atoms with Crippen LogP contribution in [0.4, 0.5) is 5.82 Å². The summed E-state index contributed by atoms with van der Waals surface area (Å²) in [4.78, 5) is 17.5. The minimum atomic E-state index is 0.832. The molecule has 0 aliphatic carbocycles. The molecule has 0 spiro atoms. The number of methoxy groups -OCH3 is 1. The lowest BCUT2D eigenvalue weighted by Gasteiger charge is -2.34. The molecule has 30 heavy (non-hydrogen) atoms. The Morgan fingerprint density at radius 3 is 2.63 bits per heavy atom. The number of hydrogen-bond donors (Lipinski definition) is 1. The van der Waals surface area contributed by atoms with Crippen LogP contribution >= 0.6 is 0 Å². The second kappa shape index (κ2) is 8.16. The fourth-order valence-electron chi connectivity index (χ4n) is 4.15. The number of piperazine rings is 1. The Morgan fingerprint density at radius 1 is 1.00 bits per heavy atom. The van der Waals surface area contributed by atoms with Gasteiger partial charge in [-0.3, -0.25) is 4.90 Å². The van der Waals surface area contributed by atoms with Gasteiger partial charge in [0.2, 0.25) is 0 Å². The van der Waals surface area contributed by atoms with E-state index in [0.29, 0.717) is 0 Å². The number of nitrogens with one attached hydrogen (secondary N) is 1. The Bertz CT molecular complexity index is 1180. The maximum Gasteiger partial charge on any atom is 0.156 e. The maximum atomic E-state index is 5.56. The molecule has 1 N–H and O–H groups in total. The van der Waals surface area contributed by atoms with Crippen molar-refractivity contribution in [3.63, 3.8) is 0 Å². The smallest absolute Gasteiger partial charge is 0.156 e. The summed E-state index contributed by atoms with van der Waals surface area (Å²) in [5, 5.41) is 1.02. The van der Waals surface area contributed by atoms with Crippen LogP contribution < -0.4 is 9.64 Å². The molecule has 2 aromatic carbocycles. The van der Waals surface area contributed by atoms with E-state index in [4.69, 9.17) is 4.74 Å². The standard InChI is InChI=1S/C24H25N5O/c1-30-20-11-5-10-19-21(20)22-23(27-19)24(26-17-25-22)29-15-13-28(14-16-29)12-6-9-18-7-3-2-4-8-18/h2-11,17,27H,12-16H2,1H3/b9-6+. The predicted octanol–water partition coefficient (Wildman–Crippen LogP) is 3.96. The number of H-pyrrole nitrogens is 1. The van der Waals surface area contributed by atoms with Gasteiger partial charge in [0.15, 0.2) is 5.82 Å². The first-order valence-corrected chi connectivity index (χ1v) is 10.3. The van der Waals surface area contributed by atoms with Crippen LogP contribution in [-0.2, 0) is 0 Å². The minimum Gasteiger partial charge on any atom is -0.496 e. The second-order valence-electron chi connectivity index (χ2n) is 7.53. The van der Waals surface area contributed by atoms with Crippen LogP contribution in [0.25, 0.3) is 28.0 Å². The van der Waals surface area contributed by atoms with Crippen LogP contribution in [0, 0.1) is 0 Å². The van der Waals surface area contributed by atoms with Gasteiger partial charge in [0.25, 0.3) is 0 Å². The molecule has 152 valence electrons.